The van der Waals surface area contributed by atoms with Gasteiger partial charge in [0.05, 0.1) is 5.69 Å². The summed E-state index contributed by atoms with van der Waals surface area (Å²) in [5.74, 6) is -0.467. The molecule has 0 aliphatic heterocycles. The highest BCUT2D eigenvalue weighted by atomic mass is 19.4. The first-order valence-electron chi connectivity index (χ1n) is 4.59. The Morgan fingerprint density at radius 1 is 1.24 bits per heavy atom. The third-order valence-corrected chi connectivity index (χ3v) is 1.86. The molecule has 0 aliphatic rings. The summed E-state index contributed by atoms with van der Waals surface area (Å²) in [6.07, 6.45) is -4.79. The number of benzene rings is 1. The number of anilines is 1. The van der Waals surface area contributed by atoms with Gasteiger partial charge in [-0.05, 0) is 12.1 Å². The number of ether oxygens (including phenoxy) is 2. The van der Waals surface area contributed by atoms with Gasteiger partial charge in [0.15, 0.2) is 0 Å². The maximum Gasteiger partial charge on any atom is 0.573 e. The SMILES string of the molecule is CN(C)c1ccc(OC(F)(F)F)cc1OCF. The van der Waals surface area contributed by atoms with Crippen LogP contribution in [0.1, 0.15) is 0 Å². The van der Waals surface area contributed by atoms with Crippen LogP contribution in [0.5, 0.6) is 11.5 Å². The summed E-state index contributed by atoms with van der Waals surface area (Å²) in [6.45, 7) is -1.13. The van der Waals surface area contributed by atoms with Gasteiger partial charge in [0.1, 0.15) is 11.5 Å². The second-order valence-electron chi connectivity index (χ2n) is 3.33. The summed E-state index contributed by atoms with van der Waals surface area (Å²) in [7, 11) is 3.31. The normalized spacial score (nSPS) is 11.2. The predicted molar refractivity (Wildman–Crippen MR) is 54.1 cm³/mol. The van der Waals surface area contributed by atoms with Crippen LogP contribution in [0.2, 0.25) is 0 Å². The van der Waals surface area contributed by atoms with Crippen LogP contribution < -0.4 is 14.4 Å². The Morgan fingerprint density at radius 2 is 1.88 bits per heavy atom. The first-order chi connectivity index (χ1) is 7.83. The topological polar surface area (TPSA) is 21.7 Å². The Labute approximate surface area is 95.5 Å². The zero-order valence-corrected chi connectivity index (χ0v) is 9.21. The lowest BCUT2D eigenvalue weighted by Gasteiger charge is -2.18. The summed E-state index contributed by atoms with van der Waals surface area (Å²) in [5.41, 5.74) is 0.456. The molecule has 0 aromatic heterocycles. The predicted octanol–water partition coefficient (Wildman–Crippen LogP) is 2.96. The molecule has 0 saturated heterocycles. The van der Waals surface area contributed by atoms with Gasteiger partial charge in [0.2, 0.25) is 6.86 Å². The van der Waals surface area contributed by atoms with Gasteiger partial charge in [-0.1, -0.05) is 0 Å². The molecule has 0 atom stereocenters. The van der Waals surface area contributed by atoms with Crippen molar-refractivity contribution in [2.45, 2.75) is 6.36 Å². The van der Waals surface area contributed by atoms with E-state index in [-0.39, 0.29) is 5.75 Å². The van der Waals surface area contributed by atoms with Crippen molar-refractivity contribution in [3.8, 4) is 11.5 Å². The summed E-state index contributed by atoms with van der Waals surface area (Å²) >= 11 is 0. The molecule has 1 aromatic rings. The van der Waals surface area contributed by atoms with E-state index in [1.54, 1.807) is 19.0 Å². The first-order valence-corrected chi connectivity index (χ1v) is 4.59. The largest absolute Gasteiger partial charge is 0.573 e. The van der Waals surface area contributed by atoms with E-state index in [1.165, 1.54) is 6.07 Å². The molecular weight excluding hydrogens is 242 g/mol. The van der Waals surface area contributed by atoms with E-state index in [4.69, 9.17) is 0 Å². The van der Waals surface area contributed by atoms with Gasteiger partial charge in [-0.3, -0.25) is 0 Å². The number of rotatable bonds is 4. The number of alkyl halides is 4. The Bertz CT molecular complexity index is 379. The Hall–Kier alpha value is -1.66. The molecule has 0 spiro atoms. The van der Waals surface area contributed by atoms with Crippen LogP contribution in [-0.4, -0.2) is 27.3 Å². The monoisotopic (exact) mass is 253 g/mol. The van der Waals surface area contributed by atoms with Crippen molar-refractivity contribution in [2.75, 3.05) is 25.9 Å². The highest BCUT2D eigenvalue weighted by Crippen LogP contribution is 2.33. The molecule has 0 radical (unpaired) electrons. The molecule has 0 amide bonds. The minimum atomic E-state index is -4.79. The van der Waals surface area contributed by atoms with E-state index in [9.17, 15) is 17.6 Å². The van der Waals surface area contributed by atoms with Crippen molar-refractivity contribution < 1.29 is 27.0 Å². The molecule has 1 rings (SSSR count). The molecule has 0 fully saturated rings. The average molecular weight is 253 g/mol. The standard InChI is InChI=1S/C10H11F4NO2/c1-15(2)8-4-3-7(17-10(12,13)14)5-9(8)16-6-11/h3-5H,6H2,1-2H3. The number of hydrogen-bond donors (Lipinski definition) is 0. The summed E-state index contributed by atoms with van der Waals surface area (Å²) in [5, 5.41) is 0. The molecule has 0 unspecified atom stereocenters. The van der Waals surface area contributed by atoms with Gasteiger partial charge in [0.25, 0.3) is 0 Å². The zero-order valence-electron chi connectivity index (χ0n) is 9.21. The lowest BCUT2D eigenvalue weighted by atomic mass is 10.2. The van der Waals surface area contributed by atoms with E-state index in [2.05, 4.69) is 9.47 Å². The molecule has 96 valence electrons. The van der Waals surface area contributed by atoms with Crippen LogP contribution >= 0.6 is 0 Å². The van der Waals surface area contributed by atoms with Crippen LogP contribution in [0, 0.1) is 0 Å². The van der Waals surface area contributed by atoms with Crippen molar-refractivity contribution in [1.29, 1.82) is 0 Å². The molecular formula is C10H11F4NO2. The summed E-state index contributed by atoms with van der Waals surface area (Å²) < 4.78 is 56.3. The summed E-state index contributed by atoms with van der Waals surface area (Å²) in [4.78, 5) is 1.59. The van der Waals surface area contributed by atoms with Crippen LogP contribution in [0.4, 0.5) is 23.2 Å². The summed E-state index contributed by atoms with van der Waals surface area (Å²) in [6, 6.07) is 3.47. The van der Waals surface area contributed by atoms with Crippen molar-refractivity contribution in [2.24, 2.45) is 0 Å². The maximum absolute atomic E-state index is 12.1. The Kier molecular flexibility index (Phi) is 4.03. The minimum Gasteiger partial charge on any atom is -0.461 e. The van der Waals surface area contributed by atoms with Gasteiger partial charge < -0.3 is 14.4 Å². The van der Waals surface area contributed by atoms with Crippen molar-refractivity contribution in [3.05, 3.63) is 18.2 Å². The Balaban J connectivity index is 3.01. The van der Waals surface area contributed by atoms with Gasteiger partial charge in [-0.15, -0.1) is 13.2 Å². The molecule has 1 aromatic carbocycles. The average Bonchev–Trinajstić information content (AvgIpc) is 2.15. The van der Waals surface area contributed by atoms with Gasteiger partial charge in [0, 0.05) is 20.2 Å². The lowest BCUT2D eigenvalue weighted by Crippen LogP contribution is -2.17. The smallest absolute Gasteiger partial charge is 0.461 e. The first kappa shape index (κ1) is 13.4. The molecule has 0 aliphatic carbocycles. The fraction of sp³-hybridized carbons (Fsp3) is 0.400. The van der Waals surface area contributed by atoms with Crippen LogP contribution in [0.15, 0.2) is 18.2 Å². The fourth-order valence-electron chi connectivity index (χ4n) is 1.24. The lowest BCUT2D eigenvalue weighted by molar-refractivity contribution is -0.274. The molecule has 0 bridgehead atoms. The highest BCUT2D eigenvalue weighted by Gasteiger charge is 2.31. The number of halogens is 4. The van der Waals surface area contributed by atoms with Gasteiger partial charge in [-0.2, -0.15) is 0 Å². The quantitative estimate of drug-likeness (QED) is 0.770. The maximum atomic E-state index is 12.1. The van der Waals surface area contributed by atoms with E-state index in [0.717, 1.165) is 12.1 Å². The third kappa shape index (κ3) is 4.01. The van der Waals surface area contributed by atoms with Gasteiger partial charge in [-0.25, -0.2) is 4.39 Å². The zero-order chi connectivity index (χ0) is 13.1. The second kappa shape index (κ2) is 5.11. The van der Waals surface area contributed by atoms with E-state index < -0.39 is 19.0 Å². The van der Waals surface area contributed by atoms with Gasteiger partial charge >= 0.3 is 6.36 Å². The van der Waals surface area contributed by atoms with Crippen LogP contribution in [-0.2, 0) is 0 Å². The molecule has 7 heteroatoms. The second-order valence-corrected chi connectivity index (χ2v) is 3.33. The molecule has 0 N–H and O–H groups in total. The van der Waals surface area contributed by atoms with E-state index >= 15 is 0 Å². The molecule has 0 heterocycles. The molecule has 17 heavy (non-hydrogen) atoms. The third-order valence-electron chi connectivity index (χ3n) is 1.86. The van der Waals surface area contributed by atoms with Crippen molar-refractivity contribution in [3.63, 3.8) is 0 Å². The van der Waals surface area contributed by atoms with Crippen molar-refractivity contribution in [1.82, 2.24) is 0 Å². The van der Waals surface area contributed by atoms with Crippen molar-refractivity contribution >= 4 is 5.69 Å². The Morgan fingerprint density at radius 3 is 2.35 bits per heavy atom. The molecule has 0 saturated carbocycles. The minimum absolute atomic E-state index is 0.0146. The van der Waals surface area contributed by atoms with Crippen LogP contribution in [0.25, 0.3) is 0 Å². The highest BCUT2D eigenvalue weighted by molar-refractivity contribution is 5.60. The van der Waals surface area contributed by atoms with E-state index in [1.807, 2.05) is 0 Å². The van der Waals surface area contributed by atoms with Crippen LogP contribution in [0.3, 0.4) is 0 Å². The number of hydrogen-bond acceptors (Lipinski definition) is 3. The fourth-order valence-corrected chi connectivity index (χ4v) is 1.24. The number of nitrogens with zero attached hydrogens (tertiary/aromatic N) is 1. The molecule has 3 nitrogen and oxygen atoms in total. The van der Waals surface area contributed by atoms with E-state index in [0.29, 0.717) is 5.69 Å².